The second-order valence-corrected chi connectivity index (χ2v) is 6.54. The maximum absolute atomic E-state index is 12.3. The Hall–Kier alpha value is -2.55. The van der Waals surface area contributed by atoms with Gasteiger partial charge in [0, 0.05) is 6.42 Å². The van der Waals surface area contributed by atoms with Crippen LogP contribution in [0.4, 0.5) is 0 Å². The first-order chi connectivity index (χ1) is 11.6. The number of rotatable bonds is 6. The molecule has 1 unspecified atom stereocenters. The standard InChI is InChI=1S/C19H17O4P/c20-24(21,22-18-12-5-2-6-13-18)23-19-14-8-7-11-17(19)15-16-9-3-1-4-10-16/h1-14H,15H2,(H,20,21). The third kappa shape index (κ3) is 4.48. The van der Waals surface area contributed by atoms with Crippen LogP contribution in [0, 0.1) is 0 Å². The Morgan fingerprint density at radius 1 is 0.750 bits per heavy atom. The third-order valence-corrected chi connectivity index (χ3v) is 4.26. The molecule has 3 rings (SSSR count). The van der Waals surface area contributed by atoms with Gasteiger partial charge in [-0.15, -0.1) is 0 Å². The van der Waals surface area contributed by atoms with Crippen LogP contribution in [0.2, 0.25) is 0 Å². The van der Waals surface area contributed by atoms with Crippen molar-refractivity contribution in [3.8, 4) is 11.5 Å². The summed E-state index contributed by atoms with van der Waals surface area (Å²) < 4.78 is 22.7. The summed E-state index contributed by atoms with van der Waals surface area (Å²) in [6.07, 6.45) is 0.600. The summed E-state index contributed by atoms with van der Waals surface area (Å²) in [5, 5.41) is 0. The van der Waals surface area contributed by atoms with Crippen molar-refractivity contribution in [2.45, 2.75) is 6.42 Å². The van der Waals surface area contributed by atoms with E-state index < -0.39 is 7.82 Å². The topological polar surface area (TPSA) is 55.8 Å². The van der Waals surface area contributed by atoms with Crippen molar-refractivity contribution in [3.05, 3.63) is 96.1 Å². The molecule has 122 valence electrons. The van der Waals surface area contributed by atoms with E-state index in [1.165, 1.54) is 0 Å². The highest BCUT2D eigenvalue weighted by Gasteiger charge is 2.26. The normalized spacial score (nSPS) is 13.0. The van der Waals surface area contributed by atoms with Gasteiger partial charge in [0.2, 0.25) is 0 Å². The SMILES string of the molecule is O=P(O)(Oc1ccccc1)Oc1ccccc1Cc1ccccc1. The minimum atomic E-state index is -4.27. The summed E-state index contributed by atoms with van der Waals surface area (Å²) >= 11 is 0. The van der Waals surface area contributed by atoms with Crippen LogP contribution < -0.4 is 9.05 Å². The fourth-order valence-corrected chi connectivity index (χ4v) is 3.16. The molecule has 0 aliphatic carbocycles. The largest absolute Gasteiger partial charge is 0.584 e. The van der Waals surface area contributed by atoms with E-state index in [9.17, 15) is 9.46 Å². The van der Waals surface area contributed by atoms with Gasteiger partial charge in [-0.05, 0) is 29.3 Å². The summed E-state index contributed by atoms with van der Waals surface area (Å²) in [5.41, 5.74) is 1.90. The summed E-state index contributed by atoms with van der Waals surface area (Å²) in [6, 6.07) is 25.4. The molecule has 0 spiro atoms. The second kappa shape index (κ2) is 7.35. The number of benzene rings is 3. The number of phosphoric acid groups is 1. The summed E-state index contributed by atoms with van der Waals surface area (Å²) in [6.45, 7) is 0. The number of hydrogen-bond acceptors (Lipinski definition) is 3. The lowest BCUT2D eigenvalue weighted by atomic mass is 10.0. The molecule has 0 radical (unpaired) electrons. The lowest BCUT2D eigenvalue weighted by molar-refractivity contribution is 0.290. The molecule has 5 heteroatoms. The van der Waals surface area contributed by atoms with Crippen molar-refractivity contribution in [1.29, 1.82) is 0 Å². The van der Waals surface area contributed by atoms with Crippen LogP contribution >= 0.6 is 7.82 Å². The zero-order valence-electron chi connectivity index (χ0n) is 12.9. The molecule has 4 nitrogen and oxygen atoms in total. The van der Waals surface area contributed by atoms with Gasteiger partial charge in [0.15, 0.2) is 0 Å². The smallest absolute Gasteiger partial charge is 0.395 e. The average molecular weight is 340 g/mol. The lowest BCUT2D eigenvalue weighted by Crippen LogP contribution is -2.02. The second-order valence-electron chi connectivity index (χ2n) is 5.23. The van der Waals surface area contributed by atoms with Crippen molar-refractivity contribution in [1.82, 2.24) is 0 Å². The molecule has 0 bridgehead atoms. The fraction of sp³-hybridized carbons (Fsp3) is 0.0526. The summed E-state index contributed by atoms with van der Waals surface area (Å²) in [7, 11) is -4.27. The van der Waals surface area contributed by atoms with Crippen molar-refractivity contribution >= 4 is 7.82 Å². The van der Waals surface area contributed by atoms with Gasteiger partial charge in [0.05, 0.1) is 0 Å². The van der Waals surface area contributed by atoms with Gasteiger partial charge >= 0.3 is 7.82 Å². The molecule has 3 aromatic rings. The van der Waals surface area contributed by atoms with E-state index in [4.69, 9.17) is 9.05 Å². The van der Waals surface area contributed by atoms with Gasteiger partial charge in [-0.2, -0.15) is 0 Å². The fourth-order valence-electron chi connectivity index (χ4n) is 2.31. The van der Waals surface area contributed by atoms with Crippen LogP contribution in [0.5, 0.6) is 11.5 Å². The number of para-hydroxylation sites is 2. The first-order valence-electron chi connectivity index (χ1n) is 7.51. The van der Waals surface area contributed by atoms with Crippen molar-refractivity contribution in [3.63, 3.8) is 0 Å². The number of phosphoric ester groups is 1. The minimum Gasteiger partial charge on any atom is -0.395 e. The molecule has 0 amide bonds. The van der Waals surface area contributed by atoms with Crippen LogP contribution in [-0.2, 0) is 11.0 Å². The van der Waals surface area contributed by atoms with Gasteiger partial charge < -0.3 is 9.05 Å². The van der Waals surface area contributed by atoms with Crippen LogP contribution in [0.15, 0.2) is 84.9 Å². The van der Waals surface area contributed by atoms with Crippen LogP contribution in [0.25, 0.3) is 0 Å². The maximum Gasteiger partial charge on any atom is 0.584 e. The Morgan fingerprint density at radius 2 is 1.33 bits per heavy atom. The number of hydrogen-bond donors (Lipinski definition) is 1. The highest BCUT2D eigenvalue weighted by atomic mass is 31.2. The van der Waals surface area contributed by atoms with Crippen molar-refractivity contribution in [2.24, 2.45) is 0 Å². The van der Waals surface area contributed by atoms with E-state index >= 15 is 0 Å². The predicted molar refractivity (Wildman–Crippen MR) is 93.2 cm³/mol. The minimum absolute atomic E-state index is 0.281. The highest BCUT2D eigenvalue weighted by molar-refractivity contribution is 7.48. The van der Waals surface area contributed by atoms with Gasteiger partial charge in [0.25, 0.3) is 0 Å². The molecule has 1 N–H and O–H groups in total. The highest BCUT2D eigenvalue weighted by Crippen LogP contribution is 2.45. The van der Waals surface area contributed by atoms with E-state index in [0.29, 0.717) is 12.2 Å². The first kappa shape index (κ1) is 16.3. The van der Waals surface area contributed by atoms with Crippen LogP contribution in [0.3, 0.4) is 0 Å². The van der Waals surface area contributed by atoms with E-state index in [1.54, 1.807) is 42.5 Å². The Morgan fingerprint density at radius 3 is 2.04 bits per heavy atom. The molecular weight excluding hydrogens is 323 g/mol. The third-order valence-electron chi connectivity index (χ3n) is 3.39. The predicted octanol–water partition coefficient (Wildman–Crippen LogP) is 4.84. The van der Waals surface area contributed by atoms with E-state index in [0.717, 1.165) is 11.1 Å². The first-order valence-corrected chi connectivity index (χ1v) is 9.01. The monoisotopic (exact) mass is 340 g/mol. The van der Waals surface area contributed by atoms with Crippen molar-refractivity contribution in [2.75, 3.05) is 0 Å². The Bertz CT molecular complexity index is 834. The summed E-state index contributed by atoms with van der Waals surface area (Å²) in [4.78, 5) is 10.0. The average Bonchev–Trinajstić information content (AvgIpc) is 2.58. The zero-order valence-corrected chi connectivity index (χ0v) is 13.8. The Labute approximate surface area is 140 Å². The van der Waals surface area contributed by atoms with Crippen LogP contribution in [0.1, 0.15) is 11.1 Å². The van der Waals surface area contributed by atoms with Gasteiger partial charge in [0.1, 0.15) is 11.5 Å². The summed E-state index contributed by atoms with van der Waals surface area (Å²) in [5.74, 6) is 0.618. The molecule has 0 fully saturated rings. The van der Waals surface area contributed by atoms with Gasteiger partial charge in [-0.25, -0.2) is 4.57 Å². The maximum atomic E-state index is 12.3. The Kier molecular flexibility index (Phi) is 4.99. The molecule has 0 saturated carbocycles. The lowest BCUT2D eigenvalue weighted by Gasteiger charge is -2.16. The molecule has 0 aliphatic heterocycles. The molecule has 24 heavy (non-hydrogen) atoms. The molecule has 0 saturated heterocycles. The molecule has 3 aromatic carbocycles. The molecule has 0 aliphatic rings. The Balaban J connectivity index is 1.78. The molecule has 0 heterocycles. The molecule has 0 aromatic heterocycles. The van der Waals surface area contributed by atoms with Gasteiger partial charge in [-0.1, -0.05) is 66.7 Å². The van der Waals surface area contributed by atoms with E-state index in [2.05, 4.69) is 0 Å². The van der Waals surface area contributed by atoms with E-state index in [1.807, 2.05) is 42.5 Å². The molecule has 1 atom stereocenters. The van der Waals surface area contributed by atoms with Crippen LogP contribution in [-0.4, -0.2) is 4.89 Å². The molecular formula is C19H17O4P. The quantitative estimate of drug-likeness (QED) is 0.653. The van der Waals surface area contributed by atoms with E-state index in [-0.39, 0.29) is 5.75 Å². The zero-order chi connectivity index (χ0) is 16.8. The van der Waals surface area contributed by atoms with Crippen molar-refractivity contribution < 1.29 is 18.5 Å². The van der Waals surface area contributed by atoms with Gasteiger partial charge in [-0.3, -0.25) is 4.89 Å².